The standard InChI is InChI=1S/C12H17NO/c1-8-4-11(8)6-13-9(2)5-12(7-14)10(13)3/h5,7-8,11H,4,6H2,1-3H3. The summed E-state index contributed by atoms with van der Waals surface area (Å²) in [6.45, 7) is 7.49. The smallest absolute Gasteiger partial charge is 0.151 e. The van der Waals surface area contributed by atoms with E-state index in [9.17, 15) is 4.79 Å². The number of nitrogens with zero attached hydrogens (tertiary/aromatic N) is 1. The molecule has 2 unspecified atom stereocenters. The summed E-state index contributed by atoms with van der Waals surface area (Å²) >= 11 is 0. The number of hydrogen-bond acceptors (Lipinski definition) is 1. The van der Waals surface area contributed by atoms with Gasteiger partial charge in [-0.05, 0) is 38.2 Å². The molecular weight excluding hydrogens is 174 g/mol. The minimum absolute atomic E-state index is 0.833. The van der Waals surface area contributed by atoms with Crippen molar-refractivity contribution in [1.82, 2.24) is 4.57 Å². The van der Waals surface area contributed by atoms with E-state index in [1.807, 2.05) is 13.0 Å². The molecule has 14 heavy (non-hydrogen) atoms. The number of rotatable bonds is 3. The Labute approximate surface area is 84.9 Å². The van der Waals surface area contributed by atoms with E-state index in [0.29, 0.717) is 0 Å². The van der Waals surface area contributed by atoms with Crippen molar-refractivity contribution < 1.29 is 4.79 Å². The molecule has 1 aromatic heterocycles. The monoisotopic (exact) mass is 191 g/mol. The molecule has 2 atom stereocenters. The van der Waals surface area contributed by atoms with Crippen LogP contribution < -0.4 is 0 Å². The largest absolute Gasteiger partial charge is 0.348 e. The Morgan fingerprint density at radius 2 is 2.21 bits per heavy atom. The highest BCUT2D eigenvalue weighted by atomic mass is 16.1. The van der Waals surface area contributed by atoms with Crippen LogP contribution in [0.1, 0.15) is 35.1 Å². The van der Waals surface area contributed by atoms with Crippen molar-refractivity contribution in [1.29, 1.82) is 0 Å². The fourth-order valence-corrected chi connectivity index (χ4v) is 2.12. The van der Waals surface area contributed by atoms with Crippen LogP contribution in [-0.2, 0) is 6.54 Å². The van der Waals surface area contributed by atoms with Crippen LogP contribution in [0.3, 0.4) is 0 Å². The van der Waals surface area contributed by atoms with Crippen molar-refractivity contribution in [2.75, 3.05) is 0 Å². The molecule has 0 aliphatic heterocycles. The first-order chi connectivity index (χ1) is 6.63. The van der Waals surface area contributed by atoms with Crippen LogP contribution in [0.4, 0.5) is 0 Å². The Morgan fingerprint density at radius 1 is 1.57 bits per heavy atom. The number of hydrogen-bond donors (Lipinski definition) is 0. The van der Waals surface area contributed by atoms with Gasteiger partial charge in [-0.1, -0.05) is 6.92 Å². The van der Waals surface area contributed by atoms with Crippen LogP contribution >= 0.6 is 0 Å². The van der Waals surface area contributed by atoms with Crippen LogP contribution in [0.2, 0.25) is 0 Å². The van der Waals surface area contributed by atoms with Crippen LogP contribution in [0.5, 0.6) is 0 Å². The summed E-state index contributed by atoms with van der Waals surface area (Å²) in [7, 11) is 0. The molecule has 1 aliphatic carbocycles. The number of carbonyl (C=O) groups is 1. The van der Waals surface area contributed by atoms with Gasteiger partial charge in [0.25, 0.3) is 0 Å². The minimum atomic E-state index is 0.833. The van der Waals surface area contributed by atoms with E-state index in [2.05, 4.69) is 18.4 Å². The number of aldehydes is 1. The fraction of sp³-hybridized carbons (Fsp3) is 0.583. The Kier molecular flexibility index (Phi) is 2.22. The van der Waals surface area contributed by atoms with Crippen LogP contribution in [0, 0.1) is 25.7 Å². The molecule has 1 saturated carbocycles. The SMILES string of the molecule is Cc1cc(C=O)c(C)n1CC1CC1C. The lowest BCUT2D eigenvalue weighted by molar-refractivity contribution is 0.112. The van der Waals surface area contributed by atoms with Gasteiger partial charge in [0.05, 0.1) is 0 Å². The van der Waals surface area contributed by atoms with E-state index in [4.69, 9.17) is 0 Å². The van der Waals surface area contributed by atoms with Gasteiger partial charge in [-0.2, -0.15) is 0 Å². The molecule has 76 valence electrons. The number of aryl methyl sites for hydroxylation is 1. The van der Waals surface area contributed by atoms with E-state index < -0.39 is 0 Å². The highest BCUT2D eigenvalue weighted by Crippen LogP contribution is 2.39. The van der Waals surface area contributed by atoms with E-state index in [1.54, 1.807) is 0 Å². The summed E-state index contributed by atoms with van der Waals surface area (Å²) in [4.78, 5) is 10.7. The second-order valence-electron chi connectivity index (χ2n) is 4.53. The maximum absolute atomic E-state index is 10.7. The molecule has 1 heterocycles. The zero-order chi connectivity index (χ0) is 10.3. The first-order valence-corrected chi connectivity index (χ1v) is 5.25. The van der Waals surface area contributed by atoms with Gasteiger partial charge in [-0.3, -0.25) is 4.79 Å². The highest BCUT2D eigenvalue weighted by Gasteiger charge is 2.33. The topological polar surface area (TPSA) is 22.0 Å². The second-order valence-corrected chi connectivity index (χ2v) is 4.53. The molecule has 0 spiro atoms. The number of aromatic nitrogens is 1. The molecule has 0 amide bonds. The fourth-order valence-electron chi connectivity index (χ4n) is 2.12. The lowest BCUT2D eigenvalue weighted by atomic mass is 10.3. The van der Waals surface area contributed by atoms with Crippen LogP contribution in [0.25, 0.3) is 0 Å². The lowest BCUT2D eigenvalue weighted by Gasteiger charge is -2.08. The molecule has 0 saturated heterocycles. The minimum Gasteiger partial charge on any atom is -0.348 e. The normalized spacial score (nSPS) is 25.1. The van der Waals surface area contributed by atoms with Crippen molar-refractivity contribution in [2.45, 2.75) is 33.7 Å². The van der Waals surface area contributed by atoms with Gasteiger partial charge < -0.3 is 4.57 Å². The quantitative estimate of drug-likeness (QED) is 0.673. The molecule has 0 N–H and O–H groups in total. The molecule has 0 radical (unpaired) electrons. The van der Waals surface area contributed by atoms with E-state index in [1.165, 1.54) is 12.1 Å². The molecule has 0 bridgehead atoms. The second kappa shape index (κ2) is 3.26. The summed E-state index contributed by atoms with van der Waals surface area (Å²) in [5.41, 5.74) is 3.18. The van der Waals surface area contributed by atoms with E-state index in [-0.39, 0.29) is 0 Å². The van der Waals surface area contributed by atoms with Crippen molar-refractivity contribution in [3.63, 3.8) is 0 Å². The molecule has 2 nitrogen and oxygen atoms in total. The molecule has 2 rings (SSSR count). The third-order valence-corrected chi connectivity index (χ3v) is 3.43. The average Bonchev–Trinajstić information content (AvgIpc) is 2.78. The van der Waals surface area contributed by atoms with Gasteiger partial charge in [-0.15, -0.1) is 0 Å². The van der Waals surface area contributed by atoms with Gasteiger partial charge in [0.2, 0.25) is 0 Å². The first-order valence-electron chi connectivity index (χ1n) is 5.25. The van der Waals surface area contributed by atoms with Gasteiger partial charge >= 0.3 is 0 Å². The van der Waals surface area contributed by atoms with E-state index in [0.717, 1.165) is 35.9 Å². The number of carbonyl (C=O) groups excluding carboxylic acids is 1. The van der Waals surface area contributed by atoms with Crippen molar-refractivity contribution in [3.05, 3.63) is 23.0 Å². The summed E-state index contributed by atoms with van der Waals surface area (Å²) in [5, 5.41) is 0. The first kappa shape index (κ1) is 9.50. The summed E-state index contributed by atoms with van der Waals surface area (Å²) in [5.74, 6) is 1.70. The average molecular weight is 191 g/mol. The maximum Gasteiger partial charge on any atom is 0.151 e. The van der Waals surface area contributed by atoms with Gasteiger partial charge in [0.15, 0.2) is 6.29 Å². The highest BCUT2D eigenvalue weighted by molar-refractivity contribution is 5.77. The predicted octanol–water partition coefficient (Wildman–Crippen LogP) is 2.57. The summed E-state index contributed by atoms with van der Waals surface area (Å²) in [6.07, 6.45) is 2.29. The Morgan fingerprint density at radius 3 is 2.64 bits per heavy atom. The summed E-state index contributed by atoms with van der Waals surface area (Å²) < 4.78 is 2.28. The molecule has 0 aromatic carbocycles. The zero-order valence-electron chi connectivity index (χ0n) is 9.08. The molecular formula is C12H17NO. The molecule has 2 heteroatoms. The Balaban J connectivity index is 2.23. The zero-order valence-corrected chi connectivity index (χ0v) is 9.08. The third-order valence-electron chi connectivity index (χ3n) is 3.43. The molecule has 1 aliphatic rings. The summed E-state index contributed by atoms with van der Waals surface area (Å²) in [6, 6.07) is 1.98. The van der Waals surface area contributed by atoms with Crippen LogP contribution in [0.15, 0.2) is 6.07 Å². The van der Waals surface area contributed by atoms with E-state index >= 15 is 0 Å². The van der Waals surface area contributed by atoms with Gasteiger partial charge in [0, 0.05) is 23.5 Å². The lowest BCUT2D eigenvalue weighted by Crippen LogP contribution is -2.05. The molecule has 1 aromatic rings. The predicted molar refractivity (Wildman–Crippen MR) is 56.6 cm³/mol. The van der Waals surface area contributed by atoms with Crippen molar-refractivity contribution in [2.24, 2.45) is 11.8 Å². The maximum atomic E-state index is 10.7. The third kappa shape index (κ3) is 1.49. The van der Waals surface area contributed by atoms with Crippen molar-refractivity contribution in [3.8, 4) is 0 Å². The molecule has 1 fully saturated rings. The van der Waals surface area contributed by atoms with Crippen molar-refractivity contribution >= 4 is 6.29 Å². The van der Waals surface area contributed by atoms with Crippen LogP contribution in [-0.4, -0.2) is 10.9 Å². The van der Waals surface area contributed by atoms with Gasteiger partial charge in [-0.25, -0.2) is 0 Å². The van der Waals surface area contributed by atoms with Gasteiger partial charge in [0.1, 0.15) is 0 Å². The Bertz CT molecular complexity index is 365. The Hall–Kier alpha value is -1.05.